The molecule has 2 bridgehead atoms. The highest BCUT2D eigenvalue weighted by Crippen LogP contribution is 2.45. The van der Waals surface area contributed by atoms with E-state index in [1.165, 1.54) is 30.1 Å². The lowest BCUT2D eigenvalue weighted by Crippen LogP contribution is -2.06. The number of allylic oxidation sites excluding steroid dienone is 2. The van der Waals surface area contributed by atoms with E-state index in [1.807, 2.05) is 0 Å². The minimum absolute atomic E-state index is 0.971. The van der Waals surface area contributed by atoms with Crippen molar-refractivity contribution < 1.29 is 0 Å². The molecule has 0 saturated heterocycles. The molecule has 3 unspecified atom stereocenters. The van der Waals surface area contributed by atoms with Crippen LogP contribution in [0.2, 0.25) is 0 Å². The SMILES string of the molecule is ICCCC1CC2C=CC1C2. The fraction of sp³-hybridized carbons (Fsp3) is 0.800. The molecule has 0 nitrogen and oxygen atoms in total. The van der Waals surface area contributed by atoms with E-state index in [0.717, 1.165) is 17.8 Å². The van der Waals surface area contributed by atoms with E-state index >= 15 is 0 Å². The molecule has 11 heavy (non-hydrogen) atoms. The Morgan fingerprint density at radius 3 is 2.73 bits per heavy atom. The van der Waals surface area contributed by atoms with Gasteiger partial charge >= 0.3 is 0 Å². The van der Waals surface area contributed by atoms with Crippen molar-refractivity contribution in [1.82, 2.24) is 0 Å². The van der Waals surface area contributed by atoms with Crippen LogP contribution in [0.15, 0.2) is 12.2 Å². The Bertz CT molecular complexity index is 162. The average molecular weight is 262 g/mol. The molecule has 0 aromatic rings. The van der Waals surface area contributed by atoms with E-state index in [9.17, 15) is 0 Å². The Labute approximate surface area is 82.6 Å². The molecule has 0 aromatic carbocycles. The standard InChI is InChI=1S/C10H15I/c11-5-1-2-9-6-8-3-4-10(9)7-8/h3-4,8-10H,1-2,5-7H2. The van der Waals surface area contributed by atoms with Crippen LogP contribution in [0.4, 0.5) is 0 Å². The first-order valence-electron chi connectivity index (χ1n) is 4.64. The molecule has 0 aromatic heterocycles. The van der Waals surface area contributed by atoms with Crippen LogP contribution in [-0.4, -0.2) is 4.43 Å². The lowest BCUT2D eigenvalue weighted by molar-refractivity contribution is 0.414. The monoisotopic (exact) mass is 262 g/mol. The number of alkyl halides is 1. The zero-order valence-electron chi connectivity index (χ0n) is 6.80. The summed E-state index contributed by atoms with van der Waals surface area (Å²) in [6, 6.07) is 0. The lowest BCUT2D eigenvalue weighted by atomic mass is 9.90. The molecule has 2 aliphatic rings. The van der Waals surface area contributed by atoms with Crippen molar-refractivity contribution in [3.63, 3.8) is 0 Å². The number of hydrogen-bond donors (Lipinski definition) is 0. The molecular weight excluding hydrogens is 247 g/mol. The molecule has 2 aliphatic carbocycles. The number of fused-ring (bicyclic) bond motifs is 2. The summed E-state index contributed by atoms with van der Waals surface area (Å²) in [6.45, 7) is 0. The first-order valence-corrected chi connectivity index (χ1v) is 6.17. The predicted molar refractivity (Wildman–Crippen MR) is 57.0 cm³/mol. The van der Waals surface area contributed by atoms with Gasteiger partial charge in [0.25, 0.3) is 0 Å². The third kappa shape index (κ3) is 1.63. The van der Waals surface area contributed by atoms with Crippen LogP contribution in [-0.2, 0) is 0 Å². The summed E-state index contributed by atoms with van der Waals surface area (Å²) in [4.78, 5) is 0. The quantitative estimate of drug-likeness (QED) is 0.415. The van der Waals surface area contributed by atoms with Gasteiger partial charge in [-0.3, -0.25) is 0 Å². The van der Waals surface area contributed by atoms with Gasteiger partial charge in [-0.25, -0.2) is 0 Å². The van der Waals surface area contributed by atoms with Crippen molar-refractivity contribution in [3.05, 3.63) is 12.2 Å². The minimum atomic E-state index is 0.971. The summed E-state index contributed by atoms with van der Waals surface area (Å²) in [5, 5.41) is 0. The Kier molecular flexibility index (Phi) is 2.54. The van der Waals surface area contributed by atoms with Gasteiger partial charge in [0.2, 0.25) is 0 Å². The largest absolute Gasteiger partial charge is 0.0864 e. The summed E-state index contributed by atoms with van der Waals surface area (Å²) in [5.74, 6) is 3.00. The van der Waals surface area contributed by atoms with Gasteiger partial charge < -0.3 is 0 Å². The van der Waals surface area contributed by atoms with Crippen LogP contribution in [0, 0.1) is 17.8 Å². The van der Waals surface area contributed by atoms with Crippen molar-refractivity contribution in [2.45, 2.75) is 25.7 Å². The van der Waals surface area contributed by atoms with Crippen LogP contribution in [0.5, 0.6) is 0 Å². The average Bonchev–Trinajstić information content (AvgIpc) is 2.60. The van der Waals surface area contributed by atoms with Gasteiger partial charge in [-0.1, -0.05) is 34.7 Å². The van der Waals surface area contributed by atoms with E-state index in [4.69, 9.17) is 0 Å². The second kappa shape index (κ2) is 3.46. The molecule has 0 spiro atoms. The summed E-state index contributed by atoms with van der Waals surface area (Å²) in [7, 11) is 0. The summed E-state index contributed by atoms with van der Waals surface area (Å²) in [6.07, 6.45) is 10.8. The third-order valence-corrected chi connectivity index (χ3v) is 3.89. The van der Waals surface area contributed by atoms with Gasteiger partial charge in [0, 0.05) is 0 Å². The number of hydrogen-bond acceptors (Lipinski definition) is 0. The summed E-state index contributed by atoms with van der Waals surface area (Å²) in [5.41, 5.74) is 0. The van der Waals surface area contributed by atoms with E-state index < -0.39 is 0 Å². The number of rotatable bonds is 3. The van der Waals surface area contributed by atoms with Gasteiger partial charge in [0.15, 0.2) is 0 Å². The molecule has 1 heteroatoms. The molecular formula is C10H15I. The Morgan fingerprint density at radius 2 is 2.18 bits per heavy atom. The normalized spacial score (nSPS) is 40.3. The van der Waals surface area contributed by atoms with Gasteiger partial charge in [-0.2, -0.15) is 0 Å². The van der Waals surface area contributed by atoms with Crippen LogP contribution >= 0.6 is 22.6 Å². The van der Waals surface area contributed by atoms with Gasteiger partial charge in [0.05, 0.1) is 0 Å². The van der Waals surface area contributed by atoms with E-state index in [-0.39, 0.29) is 0 Å². The first-order chi connectivity index (χ1) is 5.40. The van der Waals surface area contributed by atoms with Crippen molar-refractivity contribution >= 4 is 22.6 Å². The second-order valence-corrected chi connectivity index (χ2v) is 4.95. The van der Waals surface area contributed by atoms with Crippen molar-refractivity contribution in [2.24, 2.45) is 17.8 Å². The lowest BCUT2D eigenvalue weighted by Gasteiger charge is -2.16. The molecule has 0 N–H and O–H groups in total. The molecule has 0 amide bonds. The topological polar surface area (TPSA) is 0 Å². The first kappa shape index (κ1) is 8.09. The fourth-order valence-electron chi connectivity index (χ4n) is 2.57. The highest BCUT2D eigenvalue weighted by atomic mass is 127. The van der Waals surface area contributed by atoms with E-state index in [1.54, 1.807) is 0 Å². The Balaban J connectivity index is 1.84. The maximum absolute atomic E-state index is 2.49. The zero-order valence-corrected chi connectivity index (χ0v) is 8.96. The summed E-state index contributed by atoms with van der Waals surface area (Å²) < 4.78 is 1.34. The molecule has 0 heterocycles. The highest BCUT2D eigenvalue weighted by molar-refractivity contribution is 14.1. The van der Waals surface area contributed by atoms with E-state index in [0.29, 0.717) is 0 Å². The number of halogens is 1. The molecule has 1 saturated carbocycles. The summed E-state index contributed by atoms with van der Waals surface area (Å²) >= 11 is 2.49. The van der Waals surface area contributed by atoms with Crippen LogP contribution in [0.25, 0.3) is 0 Å². The molecule has 3 atom stereocenters. The molecule has 2 rings (SSSR count). The molecule has 1 fully saturated rings. The Morgan fingerprint density at radius 1 is 1.27 bits per heavy atom. The minimum Gasteiger partial charge on any atom is -0.0864 e. The maximum atomic E-state index is 2.49. The zero-order chi connectivity index (χ0) is 7.68. The Hall–Kier alpha value is 0.470. The second-order valence-electron chi connectivity index (χ2n) is 3.87. The smallest absolute Gasteiger partial charge is 0.000462 e. The van der Waals surface area contributed by atoms with Crippen molar-refractivity contribution in [2.75, 3.05) is 4.43 Å². The molecule has 62 valence electrons. The highest BCUT2D eigenvalue weighted by Gasteiger charge is 2.34. The fourth-order valence-corrected chi connectivity index (χ4v) is 3.01. The van der Waals surface area contributed by atoms with E-state index in [2.05, 4.69) is 34.7 Å². The van der Waals surface area contributed by atoms with Crippen LogP contribution < -0.4 is 0 Å². The van der Waals surface area contributed by atoms with Crippen LogP contribution in [0.1, 0.15) is 25.7 Å². The van der Waals surface area contributed by atoms with Crippen molar-refractivity contribution in [1.29, 1.82) is 0 Å². The van der Waals surface area contributed by atoms with Gasteiger partial charge in [-0.05, 0) is 47.9 Å². The predicted octanol–water partition coefficient (Wildman–Crippen LogP) is 3.41. The van der Waals surface area contributed by atoms with Crippen molar-refractivity contribution in [3.8, 4) is 0 Å². The third-order valence-electron chi connectivity index (χ3n) is 3.12. The van der Waals surface area contributed by atoms with Crippen LogP contribution in [0.3, 0.4) is 0 Å². The molecule has 0 aliphatic heterocycles. The maximum Gasteiger partial charge on any atom is -0.000462 e. The van der Waals surface area contributed by atoms with Gasteiger partial charge in [0.1, 0.15) is 0 Å². The van der Waals surface area contributed by atoms with Gasteiger partial charge in [-0.15, -0.1) is 0 Å². The molecule has 0 radical (unpaired) electrons.